The summed E-state index contributed by atoms with van der Waals surface area (Å²) in [5.74, 6) is 0.0880. The van der Waals surface area contributed by atoms with E-state index in [-0.39, 0.29) is 28.8 Å². The molecule has 2 heterocycles. The zero-order chi connectivity index (χ0) is 27.7. The Hall–Kier alpha value is -3.99. The number of ether oxygens (including phenoxy) is 1. The lowest BCUT2D eigenvalue weighted by atomic mass is 10.1. The minimum absolute atomic E-state index is 0.0376. The van der Waals surface area contributed by atoms with Gasteiger partial charge in [-0.25, -0.2) is 23.7 Å². The molecule has 0 saturated heterocycles. The Balaban J connectivity index is 1.71. The summed E-state index contributed by atoms with van der Waals surface area (Å²) < 4.78 is 37.4. The normalized spacial score (nSPS) is 11.6. The van der Waals surface area contributed by atoms with E-state index in [1.807, 2.05) is 57.4 Å². The summed E-state index contributed by atoms with van der Waals surface area (Å²) in [7, 11) is 7.52. The van der Waals surface area contributed by atoms with Gasteiger partial charge in [-0.05, 0) is 53.1 Å². The monoisotopic (exact) mass is 524 g/mol. The van der Waals surface area contributed by atoms with Crippen molar-refractivity contribution in [2.75, 3.05) is 57.3 Å². The van der Waals surface area contributed by atoms with Crippen LogP contribution in [0.4, 0.5) is 31.8 Å². The summed E-state index contributed by atoms with van der Waals surface area (Å²) in [6.07, 6.45) is 1.05. The van der Waals surface area contributed by atoms with Crippen LogP contribution in [-0.2, 0) is 0 Å². The highest BCUT2D eigenvalue weighted by Gasteiger charge is 2.19. The molecule has 0 unspecified atom stereocenters. The maximum absolute atomic E-state index is 15.0. The smallest absolute Gasteiger partial charge is 0.228 e. The first-order chi connectivity index (χ1) is 18.0. The second-order valence-electron chi connectivity index (χ2n) is 9.80. The third-order valence-electron chi connectivity index (χ3n) is 6.35. The highest BCUT2D eigenvalue weighted by atomic mass is 19.1. The molecule has 0 aliphatic heterocycles. The van der Waals surface area contributed by atoms with E-state index in [1.54, 1.807) is 19.2 Å². The number of anilines is 4. The van der Waals surface area contributed by atoms with Crippen molar-refractivity contribution < 1.29 is 13.5 Å². The molecule has 0 atom stereocenters. The van der Waals surface area contributed by atoms with E-state index >= 15 is 4.39 Å². The molecule has 0 saturated carbocycles. The van der Waals surface area contributed by atoms with Crippen LogP contribution in [0.15, 0.2) is 30.5 Å². The fraction of sp³-hybridized carbons (Fsp3) is 0.370. The Bertz CT molecular complexity index is 1470. The Kier molecular flexibility index (Phi) is 7.68. The number of nitrogens with one attached hydrogen (secondary N) is 1. The molecule has 0 fully saturated rings. The first kappa shape index (κ1) is 27.1. The molecular formula is C27H34F2N8O. The Morgan fingerprint density at radius 3 is 2.45 bits per heavy atom. The van der Waals surface area contributed by atoms with Gasteiger partial charge < -0.3 is 30.2 Å². The summed E-state index contributed by atoms with van der Waals surface area (Å²) in [6, 6.07) is 6.54. The highest BCUT2D eigenvalue weighted by Crippen LogP contribution is 2.37. The van der Waals surface area contributed by atoms with Gasteiger partial charge in [0.15, 0.2) is 11.6 Å². The fourth-order valence-corrected chi connectivity index (χ4v) is 4.46. The van der Waals surface area contributed by atoms with E-state index in [1.165, 1.54) is 6.07 Å². The standard InChI is InChI=1S/C27H34F2N8O/c1-15(2)37-16(3)32-26-18(28)10-17(11-23(26)37)25-19(29)14-31-27(34-25)33-21-12-20(30)22(13-24(21)38-7)36(6)9-8-35(4)5/h10-15H,8-9,30H2,1-7H3,(H,31,33,34). The molecule has 202 valence electrons. The van der Waals surface area contributed by atoms with Crippen molar-refractivity contribution >= 4 is 34.0 Å². The number of nitrogens with zero attached hydrogens (tertiary/aromatic N) is 6. The van der Waals surface area contributed by atoms with Crippen LogP contribution in [-0.4, -0.2) is 65.8 Å². The van der Waals surface area contributed by atoms with Gasteiger partial charge in [0, 0.05) is 37.8 Å². The number of fused-ring (bicyclic) bond motifs is 1. The van der Waals surface area contributed by atoms with Gasteiger partial charge in [-0.1, -0.05) is 0 Å². The van der Waals surface area contributed by atoms with E-state index in [0.717, 1.165) is 25.0 Å². The third kappa shape index (κ3) is 5.33. The number of likely N-dealkylation sites (N-methyl/N-ethyl adjacent to an activating group) is 2. The summed E-state index contributed by atoms with van der Waals surface area (Å²) in [5, 5.41) is 3.07. The number of nitrogens with two attached hydrogens (primary N) is 1. The van der Waals surface area contributed by atoms with Gasteiger partial charge in [0.2, 0.25) is 5.95 Å². The second-order valence-corrected chi connectivity index (χ2v) is 9.80. The van der Waals surface area contributed by atoms with Crippen LogP contribution in [0.3, 0.4) is 0 Å². The van der Waals surface area contributed by atoms with Gasteiger partial charge >= 0.3 is 0 Å². The lowest BCUT2D eigenvalue weighted by Crippen LogP contribution is -2.29. The van der Waals surface area contributed by atoms with E-state index < -0.39 is 11.6 Å². The SMILES string of the molecule is COc1cc(N(C)CCN(C)C)c(N)cc1Nc1ncc(F)c(-c2cc(F)c3nc(C)n(C(C)C)c3c2)n1. The molecule has 0 bridgehead atoms. The first-order valence-corrected chi connectivity index (χ1v) is 12.3. The van der Waals surface area contributed by atoms with E-state index in [0.29, 0.717) is 28.5 Å². The molecule has 2 aromatic carbocycles. The van der Waals surface area contributed by atoms with Crippen LogP contribution in [0.2, 0.25) is 0 Å². The Labute approximate surface area is 221 Å². The van der Waals surface area contributed by atoms with Gasteiger partial charge in [-0.3, -0.25) is 0 Å². The van der Waals surface area contributed by atoms with Crippen molar-refractivity contribution in [3.05, 3.63) is 47.9 Å². The van der Waals surface area contributed by atoms with Gasteiger partial charge in [0.25, 0.3) is 0 Å². The summed E-state index contributed by atoms with van der Waals surface area (Å²) in [4.78, 5) is 16.9. The van der Waals surface area contributed by atoms with Gasteiger partial charge in [-0.2, -0.15) is 0 Å². The number of methoxy groups -OCH3 is 1. The second kappa shape index (κ2) is 10.8. The maximum Gasteiger partial charge on any atom is 0.228 e. The minimum atomic E-state index is -0.675. The number of rotatable bonds is 9. The molecular weight excluding hydrogens is 490 g/mol. The molecule has 9 nitrogen and oxygen atoms in total. The molecule has 2 aromatic heterocycles. The van der Waals surface area contributed by atoms with Crippen LogP contribution >= 0.6 is 0 Å². The number of hydrogen-bond donors (Lipinski definition) is 2. The number of imidazole rings is 1. The third-order valence-corrected chi connectivity index (χ3v) is 6.35. The molecule has 11 heteroatoms. The van der Waals surface area contributed by atoms with Crippen LogP contribution in [0.25, 0.3) is 22.3 Å². The van der Waals surface area contributed by atoms with Crippen molar-refractivity contribution in [3.8, 4) is 17.0 Å². The average Bonchev–Trinajstić information content (AvgIpc) is 3.20. The molecule has 0 radical (unpaired) electrons. The van der Waals surface area contributed by atoms with Crippen molar-refractivity contribution in [2.45, 2.75) is 26.8 Å². The van der Waals surface area contributed by atoms with Crippen molar-refractivity contribution in [1.82, 2.24) is 24.4 Å². The largest absolute Gasteiger partial charge is 0.494 e. The summed E-state index contributed by atoms with van der Waals surface area (Å²) in [6.45, 7) is 7.41. The number of aryl methyl sites for hydroxylation is 1. The topological polar surface area (TPSA) is 97.4 Å². The van der Waals surface area contributed by atoms with E-state index in [9.17, 15) is 4.39 Å². The molecule has 0 aliphatic rings. The number of aromatic nitrogens is 4. The predicted molar refractivity (Wildman–Crippen MR) is 148 cm³/mol. The fourth-order valence-electron chi connectivity index (χ4n) is 4.46. The van der Waals surface area contributed by atoms with E-state index in [4.69, 9.17) is 10.5 Å². The Morgan fingerprint density at radius 1 is 1.05 bits per heavy atom. The molecule has 4 aromatic rings. The minimum Gasteiger partial charge on any atom is -0.494 e. The first-order valence-electron chi connectivity index (χ1n) is 12.3. The maximum atomic E-state index is 15.0. The van der Waals surface area contributed by atoms with Crippen molar-refractivity contribution in [1.29, 1.82) is 0 Å². The molecule has 3 N–H and O–H groups in total. The average molecular weight is 525 g/mol. The van der Waals surface area contributed by atoms with Crippen LogP contribution < -0.4 is 20.7 Å². The van der Waals surface area contributed by atoms with Gasteiger partial charge in [0.1, 0.15) is 22.8 Å². The molecule has 4 rings (SSSR count). The quantitative estimate of drug-likeness (QED) is 0.296. The van der Waals surface area contributed by atoms with E-state index in [2.05, 4.69) is 25.2 Å². The van der Waals surface area contributed by atoms with Crippen LogP contribution in [0.5, 0.6) is 5.75 Å². The molecule has 38 heavy (non-hydrogen) atoms. The highest BCUT2D eigenvalue weighted by molar-refractivity contribution is 5.83. The number of hydrogen-bond acceptors (Lipinski definition) is 8. The summed E-state index contributed by atoms with van der Waals surface area (Å²) in [5.41, 5.74) is 9.28. The predicted octanol–water partition coefficient (Wildman–Crippen LogP) is 4.99. The van der Waals surface area contributed by atoms with Crippen LogP contribution in [0.1, 0.15) is 25.7 Å². The molecule has 0 amide bonds. The zero-order valence-corrected chi connectivity index (χ0v) is 22.8. The lowest BCUT2D eigenvalue weighted by molar-refractivity contribution is 0.413. The van der Waals surface area contributed by atoms with Gasteiger partial charge in [-0.15, -0.1) is 0 Å². The van der Waals surface area contributed by atoms with Crippen molar-refractivity contribution in [2.24, 2.45) is 0 Å². The lowest BCUT2D eigenvalue weighted by Gasteiger charge is -2.24. The molecule has 0 aliphatic carbocycles. The summed E-state index contributed by atoms with van der Waals surface area (Å²) >= 11 is 0. The van der Waals surface area contributed by atoms with Crippen LogP contribution in [0, 0.1) is 18.6 Å². The van der Waals surface area contributed by atoms with Gasteiger partial charge in [0.05, 0.1) is 35.9 Å². The number of nitrogen functional groups attached to an aromatic ring is 1. The zero-order valence-electron chi connectivity index (χ0n) is 22.8. The number of benzene rings is 2. The Morgan fingerprint density at radius 2 is 1.79 bits per heavy atom. The molecule has 0 spiro atoms. The van der Waals surface area contributed by atoms with Crippen molar-refractivity contribution in [3.63, 3.8) is 0 Å². The number of halogens is 2.